The summed E-state index contributed by atoms with van der Waals surface area (Å²) >= 11 is 0. The fraction of sp³-hybridized carbons (Fsp3) is 0.250. The van der Waals surface area contributed by atoms with Crippen LogP contribution in [-0.2, 0) is 11.3 Å². The van der Waals surface area contributed by atoms with Crippen LogP contribution in [0.1, 0.15) is 17.8 Å². The number of rotatable bonds is 7. The van der Waals surface area contributed by atoms with Crippen LogP contribution in [0.15, 0.2) is 53.5 Å². The number of hydrogen-bond donors (Lipinski definition) is 1. The van der Waals surface area contributed by atoms with Gasteiger partial charge >= 0.3 is 0 Å². The smallest absolute Gasteiger partial charge is 0.264 e. The molecule has 1 amide bonds. The van der Waals surface area contributed by atoms with Crippen molar-refractivity contribution in [2.24, 2.45) is 0 Å². The summed E-state index contributed by atoms with van der Waals surface area (Å²) in [5.41, 5.74) is 2.80. The Morgan fingerprint density at radius 3 is 2.45 bits per heavy atom. The fourth-order valence-electron chi connectivity index (χ4n) is 3.60. The zero-order valence-electron chi connectivity index (χ0n) is 19.0. The molecule has 33 heavy (non-hydrogen) atoms. The second kappa shape index (κ2) is 9.15. The number of ether oxygens (including phenoxy) is 2. The Hall–Kier alpha value is -4.14. The molecule has 1 N–H and O–H groups in total. The number of amides is 1. The van der Waals surface area contributed by atoms with E-state index in [9.17, 15) is 9.59 Å². The van der Waals surface area contributed by atoms with Crippen LogP contribution in [0.5, 0.6) is 11.5 Å². The van der Waals surface area contributed by atoms with Crippen molar-refractivity contribution in [2.75, 3.05) is 19.5 Å². The molecule has 0 saturated heterocycles. The van der Waals surface area contributed by atoms with Gasteiger partial charge in [-0.1, -0.05) is 17.7 Å². The van der Waals surface area contributed by atoms with Crippen LogP contribution in [0, 0.1) is 13.8 Å². The molecule has 0 unspecified atom stereocenters. The molecule has 0 saturated carbocycles. The third-order valence-corrected chi connectivity index (χ3v) is 5.39. The van der Waals surface area contributed by atoms with E-state index < -0.39 is 0 Å². The predicted molar refractivity (Wildman–Crippen MR) is 125 cm³/mol. The molecule has 4 aromatic rings. The Morgan fingerprint density at radius 2 is 1.76 bits per heavy atom. The highest BCUT2D eigenvalue weighted by molar-refractivity contribution is 5.91. The molecule has 0 spiro atoms. The van der Waals surface area contributed by atoms with Crippen molar-refractivity contribution in [2.45, 2.75) is 26.8 Å². The monoisotopic (exact) mass is 447 g/mol. The normalized spacial score (nSPS) is 10.9. The molecule has 2 aromatic heterocycles. The van der Waals surface area contributed by atoms with Gasteiger partial charge in [-0.2, -0.15) is 5.10 Å². The number of aryl methyl sites for hydroxylation is 2. The molecule has 0 aliphatic carbocycles. The van der Waals surface area contributed by atoms with Crippen molar-refractivity contribution in [3.63, 3.8) is 0 Å². The quantitative estimate of drug-likeness (QED) is 0.467. The fourth-order valence-corrected chi connectivity index (χ4v) is 3.60. The molecule has 9 heteroatoms. The standard InChI is InChI=1S/C24H25N5O4/c1-15-5-8-18(9-6-15)29-23-19(14-25-29)24(31)28(16(2)26-23)12-11-22(30)27-17-7-10-20(32-3)21(13-17)33-4/h5-10,13-14H,11-12H2,1-4H3,(H,27,30). The van der Waals surface area contributed by atoms with E-state index in [1.807, 2.05) is 31.2 Å². The lowest BCUT2D eigenvalue weighted by Crippen LogP contribution is -2.26. The molecule has 0 aliphatic rings. The zero-order valence-corrected chi connectivity index (χ0v) is 19.0. The van der Waals surface area contributed by atoms with Gasteiger partial charge in [-0.25, -0.2) is 9.67 Å². The Kier molecular flexibility index (Phi) is 6.12. The molecule has 0 aliphatic heterocycles. The van der Waals surface area contributed by atoms with E-state index in [4.69, 9.17) is 9.47 Å². The van der Waals surface area contributed by atoms with Gasteiger partial charge in [0.05, 0.1) is 26.1 Å². The van der Waals surface area contributed by atoms with Crippen LogP contribution in [0.25, 0.3) is 16.7 Å². The summed E-state index contributed by atoms with van der Waals surface area (Å²) in [4.78, 5) is 30.2. The van der Waals surface area contributed by atoms with E-state index in [-0.39, 0.29) is 24.4 Å². The highest BCUT2D eigenvalue weighted by atomic mass is 16.5. The molecule has 170 valence electrons. The SMILES string of the molecule is COc1ccc(NC(=O)CCn2c(C)nc3c(cnn3-c3ccc(C)cc3)c2=O)cc1OC. The van der Waals surface area contributed by atoms with Crippen LogP contribution >= 0.6 is 0 Å². The number of hydrogen-bond acceptors (Lipinski definition) is 6. The van der Waals surface area contributed by atoms with Gasteiger partial charge in [0.15, 0.2) is 17.1 Å². The molecule has 9 nitrogen and oxygen atoms in total. The first-order valence-corrected chi connectivity index (χ1v) is 10.5. The number of methoxy groups -OCH3 is 2. The van der Waals surface area contributed by atoms with Crippen molar-refractivity contribution in [3.05, 3.63) is 70.4 Å². The van der Waals surface area contributed by atoms with Crippen molar-refractivity contribution in [1.29, 1.82) is 0 Å². The van der Waals surface area contributed by atoms with Crippen molar-refractivity contribution >= 4 is 22.6 Å². The van der Waals surface area contributed by atoms with Gasteiger partial charge in [-0.05, 0) is 38.1 Å². The predicted octanol–water partition coefficient (Wildman–Crippen LogP) is 3.25. The summed E-state index contributed by atoms with van der Waals surface area (Å²) in [5.74, 6) is 1.37. The van der Waals surface area contributed by atoms with Crippen molar-refractivity contribution in [1.82, 2.24) is 19.3 Å². The molecular weight excluding hydrogens is 422 g/mol. The van der Waals surface area contributed by atoms with Gasteiger partial charge in [-0.3, -0.25) is 14.2 Å². The first-order chi connectivity index (χ1) is 15.9. The van der Waals surface area contributed by atoms with Gasteiger partial charge in [0, 0.05) is 24.7 Å². The van der Waals surface area contributed by atoms with Crippen LogP contribution in [0.4, 0.5) is 5.69 Å². The summed E-state index contributed by atoms with van der Waals surface area (Å²) in [6, 6.07) is 12.9. The first kappa shape index (κ1) is 22.1. The number of carbonyl (C=O) groups is 1. The third kappa shape index (κ3) is 4.43. The Morgan fingerprint density at radius 1 is 1.03 bits per heavy atom. The molecule has 0 fully saturated rings. The largest absolute Gasteiger partial charge is 0.493 e. The number of nitrogens with zero attached hydrogens (tertiary/aromatic N) is 4. The Labute approximate surface area is 190 Å². The van der Waals surface area contributed by atoms with E-state index in [1.165, 1.54) is 17.9 Å². The van der Waals surface area contributed by atoms with Gasteiger partial charge < -0.3 is 14.8 Å². The lowest BCUT2D eigenvalue weighted by Gasteiger charge is -2.12. The maximum Gasteiger partial charge on any atom is 0.264 e. The van der Waals surface area contributed by atoms with E-state index in [0.29, 0.717) is 34.0 Å². The molecule has 0 radical (unpaired) electrons. The van der Waals surface area contributed by atoms with Crippen molar-refractivity contribution < 1.29 is 14.3 Å². The lowest BCUT2D eigenvalue weighted by molar-refractivity contribution is -0.116. The minimum atomic E-state index is -0.232. The number of carbonyl (C=O) groups excluding carboxylic acids is 1. The minimum absolute atomic E-state index is 0.106. The van der Waals surface area contributed by atoms with E-state index in [1.54, 1.807) is 36.9 Å². The summed E-state index contributed by atoms with van der Waals surface area (Å²) < 4.78 is 13.6. The molecule has 4 rings (SSSR count). The van der Waals surface area contributed by atoms with Gasteiger partial charge in [0.25, 0.3) is 5.56 Å². The minimum Gasteiger partial charge on any atom is -0.493 e. The molecule has 0 bridgehead atoms. The van der Waals surface area contributed by atoms with E-state index in [0.717, 1.165) is 11.3 Å². The Balaban J connectivity index is 1.53. The zero-order chi connectivity index (χ0) is 23.5. The molecular formula is C24H25N5O4. The van der Waals surface area contributed by atoms with Gasteiger partial charge in [-0.15, -0.1) is 0 Å². The third-order valence-electron chi connectivity index (χ3n) is 5.39. The highest BCUT2D eigenvalue weighted by Crippen LogP contribution is 2.29. The van der Waals surface area contributed by atoms with E-state index >= 15 is 0 Å². The highest BCUT2D eigenvalue weighted by Gasteiger charge is 2.15. The number of aromatic nitrogens is 4. The number of benzene rings is 2. The first-order valence-electron chi connectivity index (χ1n) is 10.5. The maximum atomic E-state index is 13.1. The van der Waals surface area contributed by atoms with Crippen LogP contribution in [0.2, 0.25) is 0 Å². The van der Waals surface area contributed by atoms with Crippen LogP contribution in [-0.4, -0.2) is 39.5 Å². The molecule has 2 heterocycles. The average molecular weight is 447 g/mol. The maximum absolute atomic E-state index is 13.1. The second-order valence-electron chi connectivity index (χ2n) is 7.61. The summed E-state index contributed by atoms with van der Waals surface area (Å²) in [6.07, 6.45) is 1.62. The van der Waals surface area contributed by atoms with E-state index in [2.05, 4.69) is 15.4 Å². The lowest BCUT2D eigenvalue weighted by atomic mass is 10.2. The Bertz CT molecular complexity index is 1370. The van der Waals surface area contributed by atoms with Crippen LogP contribution in [0.3, 0.4) is 0 Å². The van der Waals surface area contributed by atoms with Crippen molar-refractivity contribution in [3.8, 4) is 17.2 Å². The number of fused-ring (bicyclic) bond motifs is 1. The topological polar surface area (TPSA) is 100 Å². The number of nitrogens with one attached hydrogen (secondary N) is 1. The molecule has 2 aromatic carbocycles. The second-order valence-corrected chi connectivity index (χ2v) is 7.61. The average Bonchev–Trinajstić information content (AvgIpc) is 3.23. The summed E-state index contributed by atoms with van der Waals surface area (Å²) in [5, 5.41) is 7.58. The van der Waals surface area contributed by atoms with Gasteiger partial charge in [0.2, 0.25) is 5.91 Å². The number of anilines is 1. The summed E-state index contributed by atoms with van der Waals surface area (Å²) in [7, 11) is 3.08. The summed E-state index contributed by atoms with van der Waals surface area (Å²) in [6.45, 7) is 3.95. The molecule has 0 atom stereocenters. The van der Waals surface area contributed by atoms with Gasteiger partial charge in [0.1, 0.15) is 11.2 Å². The van der Waals surface area contributed by atoms with Crippen LogP contribution < -0.4 is 20.3 Å².